The molecule has 2 aromatic rings. The van der Waals surface area contributed by atoms with Gasteiger partial charge in [-0.3, -0.25) is 0 Å². The number of fused-ring (bicyclic) bond motifs is 1. The second-order valence-electron chi connectivity index (χ2n) is 4.90. The van der Waals surface area contributed by atoms with Crippen molar-refractivity contribution in [1.82, 2.24) is 0 Å². The lowest BCUT2D eigenvalue weighted by Gasteiger charge is -2.06. The van der Waals surface area contributed by atoms with Crippen LogP contribution < -0.4 is 5.46 Å². The van der Waals surface area contributed by atoms with Crippen molar-refractivity contribution in [2.75, 3.05) is 0 Å². The molecular weight excluding hydrogens is 255 g/mol. The van der Waals surface area contributed by atoms with Crippen LogP contribution in [-0.2, 0) is 22.1 Å². The Balaban J connectivity index is 1.96. The molecule has 1 aliphatic heterocycles. The summed E-state index contributed by atoms with van der Waals surface area (Å²) in [6.07, 6.45) is 0. The standard InChI is InChI=1S/C15H15BO2S/c1-11-3-6-13(7-4-11)19(17)14-8-5-12-10-18-16(2)15(12)9-14/h3-9H,10H2,1-2H3. The summed E-state index contributed by atoms with van der Waals surface area (Å²) >= 11 is 0. The first-order valence-electron chi connectivity index (χ1n) is 6.38. The van der Waals surface area contributed by atoms with E-state index in [1.54, 1.807) is 0 Å². The van der Waals surface area contributed by atoms with Gasteiger partial charge < -0.3 is 4.65 Å². The van der Waals surface area contributed by atoms with E-state index in [1.165, 1.54) is 11.1 Å². The highest BCUT2D eigenvalue weighted by molar-refractivity contribution is 7.85. The lowest BCUT2D eigenvalue weighted by atomic mass is 9.64. The average Bonchev–Trinajstić information content (AvgIpc) is 2.80. The average molecular weight is 270 g/mol. The summed E-state index contributed by atoms with van der Waals surface area (Å²) in [7, 11) is -1.12. The van der Waals surface area contributed by atoms with E-state index in [-0.39, 0.29) is 6.92 Å². The van der Waals surface area contributed by atoms with E-state index in [0.717, 1.165) is 15.3 Å². The van der Waals surface area contributed by atoms with Crippen LogP contribution >= 0.6 is 0 Å². The Labute approximate surface area is 116 Å². The van der Waals surface area contributed by atoms with Crippen LogP contribution in [0.1, 0.15) is 11.1 Å². The minimum Gasteiger partial charge on any atom is -0.427 e. The van der Waals surface area contributed by atoms with Crippen molar-refractivity contribution in [1.29, 1.82) is 0 Å². The predicted molar refractivity (Wildman–Crippen MR) is 78.3 cm³/mol. The molecule has 0 saturated carbocycles. The molecule has 96 valence electrons. The maximum Gasteiger partial charge on any atom is 0.324 e. The maximum absolute atomic E-state index is 12.5. The lowest BCUT2D eigenvalue weighted by molar-refractivity contribution is 0.333. The van der Waals surface area contributed by atoms with Crippen molar-refractivity contribution in [2.45, 2.75) is 30.1 Å². The van der Waals surface area contributed by atoms with E-state index >= 15 is 0 Å². The molecule has 19 heavy (non-hydrogen) atoms. The van der Waals surface area contributed by atoms with Gasteiger partial charge in [0.1, 0.15) is 0 Å². The zero-order valence-electron chi connectivity index (χ0n) is 11.1. The number of rotatable bonds is 2. The molecule has 1 aliphatic rings. The van der Waals surface area contributed by atoms with Crippen LogP contribution in [0.25, 0.3) is 0 Å². The van der Waals surface area contributed by atoms with Gasteiger partial charge in [0.05, 0.1) is 17.4 Å². The van der Waals surface area contributed by atoms with E-state index in [0.29, 0.717) is 6.61 Å². The van der Waals surface area contributed by atoms with Crippen LogP contribution in [0.5, 0.6) is 0 Å². The van der Waals surface area contributed by atoms with E-state index in [2.05, 4.69) is 0 Å². The normalized spacial score (nSPS) is 15.4. The van der Waals surface area contributed by atoms with Gasteiger partial charge in [-0.25, -0.2) is 4.21 Å². The zero-order chi connectivity index (χ0) is 13.4. The molecule has 0 N–H and O–H groups in total. The summed E-state index contributed by atoms with van der Waals surface area (Å²) in [5, 5.41) is 0. The Morgan fingerprint density at radius 1 is 1.11 bits per heavy atom. The molecule has 3 rings (SSSR count). The SMILES string of the molecule is CB1OCc2ccc(S(=O)c3ccc(C)cc3)cc21. The third kappa shape index (κ3) is 2.38. The van der Waals surface area contributed by atoms with Crippen molar-refractivity contribution in [3.63, 3.8) is 0 Å². The molecule has 1 heterocycles. The fourth-order valence-electron chi connectivity index (χ4n) is 2.30. The van der Waals surface area contributed by atoms with E-state index in [9.17, 15) is 4.21 Å². The Kier molecular flexibility index (Phi) is 3.29. The van der Waals surface area contributed by atoms with Gasteiger partial charge in [-0.1, -0.05) is 30.6 Å². The number of hydrogen-bond acceptors (Lipinski definition) is 2. The van der Waals surface area contributed by atoms with Crippen LogP contribution in [0.3, 0.4) is 0 Å². The Morgan fingerprint density at radius 2 is 1.79 bits per heavy atom. The molecule has 2 nitrogen and oxygen atoms in total. The van der Waals surface area contributed by atoms with Crippen molar-refractivity contribution in [2.24, 2.45) is 0 Å². The highest BCUT2D eigenvalue weighted by Gasteiger charge is 2.24. The van der Waals surface area contributed by atoms with Gasteiger partial charge in [-0.2, -0.15) is 0 Å². The van der Waals surface area contributed by atoms with Gasteiger partial charge in [0.15, 0.2) is 0 Å². The topological polar surface area (TPSA) is 26.3 Å². The second kappa shape index (κ2) is 4.95. The number of aryl methyl sites for hydroxylation is 1. The minimum absolute atomic E-state index is 0.102. The van der Waals surface area contributed by atoms with E-state index < -0.39 is 10.8 Å². The van der Waals surface area contributed by atoms with Crippen molar-refractivity contribution < 1.29 is 8.86 Å². The third-order valence-electron chi connectivity index (χ3n) is 3.49. The molecule has 0 spiro atoms. The zero-order valence-corrected chi connectivity index (χ0v) is 11.9. The summed E-state index contributed by atoms with van der Waals surface area (Å²) in [4.78, 5) is 1.69. The highest BCUT2D eigenvalue weighted by Crippen LogP contribution is 2.19. The molecular formula is C15H15BO2S. The summed E-state index contributed by atoms with van der Waals surface area (Å²) in [6.45, 7) is 4.82. The van der Waals surface area contributed by atoms with Crippen LogP contribution in [0, 0.1) is 6.92 Å². The summed E-state index contributed by atoms with van der Waals surface area (Å²) in [5.74, 6) is 0. The summed E-state index contributed by atoms with van der Waals surface area (Å²) < 4.78 is 18.1. The fraction of sp³-hybridized carbons (Fsp3) is 0.200. The first-order chi connectivity index (χ1) is 9.15. The summed E-state index contributed by atoms with van der Waals surface area (Å²) in [5.41, 5.74) is 3.55. The smallest absolute Gasteiger partial charge is 0.324 e. The Hall–Kier alpha value is -1.39. The number of hydrogen-bond donors (Lipinski definition) is 0. The largest absolute Gasteiger partial charge is 0.427 e. The summed E-state index contributed by atoms with van der Waals surface area (Å²) in [6, 6.07) is 13.8. The molecule has 0 aliphatic carbocycles. The fourth-order valence-corrected chi connectivity index (χ4v) is 3.38. The van der Waals surface area contributed by atoms with Gasteiger partial charge in [0, 0.05) is 9.79 Å². The lowest BCUT2D eigenvalue weighted by Crippen LogP contribution is -2.24. The first kappa shape index (κ1) is 12.6. The molecule has 0 bridgehead atoms. The third-order valence-corrected chi connectivity index (χ3v) is 4.88. The monoisotopic (exact) mass is 270 g/mol. The van der Waals surface area contributed by atoms with E-state index in [1.807, 2.05) is 56.2 Å². The predicted octanol–water partition coefficient (Wildman–Crippen LogP) is 2.52. The van der Waals surface area contributed by atoms with Gasteiger partial charge in [-0.15, -0.1) is 0 Å². The number of benzene rings is 2. The molecule has 0 amide bonds. The van der Waals surface area contributed by atoms with Crippen molar-refractivity contribution in [3.05, 3.63) is 53.6 Å². The van der Waals surface area contributed by atoms with Crippen molar-refractivity contribution in [3.8, 4) is 0 Å². The molecule has 4 heteroatoms. The quantitative estimate of drug-likeness (QED) is 0.784. The molecule has 0 radical (unpaired) electrons. The van der Waals surface area contributed by atoms with Crippen LogP contribution in [0.4, 0.5) is 0 Å². The second-order valence-corrected chi connectivity index (χ2v) is 6.38. The maximum atomic E-state index is 12.5. The van der Waals surface area contributed by atoms with Crippen molar-refractivity contribution >= 4 is 23.2 Å². The van der Waals surface area contributed by atoms with Gasteiger partial charge >= 0.3 is 6.92 Å². The molecule has 0 saturated heterocycles. The first-order valence-corrected chi connectivity index (χ1v) is 7.53. The van der Waals surface area contributed by atoms with Gasteiger partial charge in [0.2, 0.25) is 0 Å². The molecule has 1 unspecified atom stereocenters. The van der Waals surface area contributed by atoms with E-state index in [4.69, 9.17) is 4.65 Å². The van der Waals surface area contributed by atoms with Gasteiger partial charge in [0.25, 0.3) is 0 Å². The molecule has 1 atom stereocenters. The Bertz CT molecular complexity index is 637. The van der Waals surface area contributed by atoms with Gasteiger partial charge in [-0.05, 0) is 42.2 Å². The molecule has 0 fully saturated rings. The van der Waals surface area contributed by atoms with Crippen LogP contribution in [0.15, 0.2) is 52.3 Å². The Morgan fingerprint density at radius 3 is 2.53 bits per heavy atom. The van der Waals surface area contributed by atoms with Crippen LogP contribution in [0.2, 0.25) is 6.82 Å². The minimum atomic E-state index is -1.12. The molecule has 0 aromatic heterocycles. The van der Waals surface area contributed by atoms with Crippen LogP contribution in [-0.4, -0.2) is 11.1 Å². The molecule has 2 aromatic carbocycles. The highest BCUT2D eigenvalue weighted by atomic mass is 32.2.